The molecule has 120 valence electrons. The molecule has 0 spiro atoms. The molecule has 2 aromatic heterocycles. The van der Waals surface area contributed by atoms with Crippen molar-refractivity contribution in [3.8, 4) is 0 Å². The molecule has 1 amide bonds. The maximum Gasteiger partial charge on any atom is 0.254 e. The van der Waals surface area contributed by atoms with E-state index >= 15 is 0 Å². The van der Waals surface area contributed by atoms with Gasteiger partial charge in [-0.1, -0.05) is 6.92 Å². The fourth-order valence-electron chi connectivity index (χ4n) is 3.88. The van der Waals surface area contributed by atoms with Crippen molar-refractivity contribution in [1.29, 1.82) is 0 Å². The van der Waals surface area contributed by atoms with E-state index in [0.29, 0.717) is 0 Å². The predicted molar refractivity (Wildman–Crippen MR) is 84.9 cm³/mol. The summed E-state index contributed by atoms with van der Waals surface area (Å²) in [6.45, 7) is 2.98. The minimum atomic E-state index is 0.121. The Bertz CT molecular complexity index is 711. The maximum atomic E-state index is 12.9. The largest absolute Gasteiger partial charge is 0.330 e. The number of nitrogens with zero attached hydrogens (tertiary/aromatic N) is 5. The SMILES string of the molecule is CCCc1nnc2n1C[C@H]1CC[C@@H](C2)N1C(=O)c1ccncc1. The van der Waals surface area contributed by atoms with E-state index in [4.69, 9.17) is 0 Å². The number of carbonyl (C=O) groups is 1. The lowest BCUT2D eigenvalue weighted by Gasteiger charge is -2.28. The number of aromatic nitrogens is 4. The summed E-state index contributed by atoms with van der Waals surface area (Å²) in [5.41, 5.74) is 0.725. The van der Waals surface area contributed by atoms with Gasteiger partial charge in [0.2, 0.25) is 0 Å². The first-order valence-electron chi connectivity index (χ1n) is 8.41. The molecule has 2 aromatic rings. The summed E-state index contributed by atoms with van der Waals surface area (Å²) in [7, 11) is 0. The summed E-state index contributed by atoms with van der Waals surface area (Å²) in [4.78, 5) is 19.0. The third-order valence-corrected chi connectivity index (χ3v) is 4.97. The molecule has 0 N–H and O–H groups in total. The van der Waals surface area contributed by atoms with Crippen LogP contribution in [0.3, 0.4) is 0 Å². The number of pyridine rings is 1. The van der Waals surface area contributed by atoms with Gasteiger partial charge in [0.15, 0.2) is 0 Å². The van der Waals surface area contributed by atoms with Crippen LogP contribution in [0, 0.1) is 0 Å². The number of rotatable bonds is 3. The average Bonchev–Trinajstić information content (AvgIpc) is 3.08. The minimum absolute atomic E-state index is 0.121. The van der Waals surface area contributed by atoms with Crippen molar-refractivity contribution >= 4 is 5.91 Å². The van der Waals surface area contributed by atoms with Gasteiger partial charge in [-0.25, -0.2) is 0 Å². The predicted octanol–water partition coefficient (Wildman–Crippen LogP) is 1.86. The smallest absolute Gasteiger partial charge is 0.254 e. The molecule has 4 heterocycles. The summed E-state index contributed by atoms with van der Waals surface area (Å²) < 4.78 is 2.25. The second-order valence-electron chi connectivity index (χ2n) is 6.43. The van der Waals surface area contributed by atoms with Crippen molar-refractivity contribution in [1.82, 2.24) is 24.6 Å². The second-order valence-corrected chi connectivity index (χ2v) is 6.43. The first kappa shape index (κ1) is 14.4. The van der Waals surface area contributed by atoms with Crippen LogP contribution in [0.1, 0.15) is 48.2 Å². The molecule has 1 fully saturated rings. The van der Waals surface area contributed by atoms with Gasteiger partial charge in [0.25, 0.3) is 5.91 Å². The van der Waals surface area contributed by atoms with Crippen molar-refractivity contribution in [2.75, 3.05) is 0 Å². The Balaban J connectivity index is 1.64. The summed E-state index contributed by atoms with van der Waals surface area (Å²) >= 11 is 0. The zero-order valence-corrected chi connectivity index (χ0v) is 13.4. The van der Waals surface area contributed by atoms with Crippen molar-refractivity contribution in [3.63, 3.8) is 0 Å². The van der Waals surface area contributed by atoms with Crippen molar-refractivity contribution in [2.45, 2.75) is 57.7 Å². The second kappa shape index (κ2) is 5.76. The molecule has 2 bridgehead atoms. The third-order valence-electron chi connectivity index (χ3n) is 4.97. The molecular weight excluding hydrogens is 290 g/mol. The van der Waals surface area contributed by atoms with Crippen LogP contribution in [-0.2, 0) is 19.4 Å². The average molecular weight is 311 g/mol. The highest BCUT2D eigenvalue weighted by molar-refractivity contribution is 5.94. The molecule has 2 atom stereocenters. The highest BCUT2D eigenvalue weighted by Crippen LogP contribution is 2.32. The summed E-state index contributed by atoms with van der Waals surface area (Å²) in [5.74, 6) is 2.22. The summed E-state index contributed by atoms with van der Waals surface area (Å²) in [6.07, 6.45) is 8.29. The standard InChI is InChI=1S/C17H21N5O/c1-2-3-15-19-20-16-10-13-4-5-14(11-21(15)16)22(13)17(23)12-6-8-18-9-7-12/h6-9,13-14H,2-5,10-11H2,1H3/t13-,14+/m0/s1. The fourth-order valence-corrected chi connectivity index (χ4v) is 3.88. The molecular formula is C17H21N5O. The molecule has 6 nitrogen and oxygen atoms in total. The third kappa shape index (κ3) is 2.42. The number of aryl methyl sites for hydroxylation is 1. The van der Waals surface area contributed by atoms with E-state index in [0.717, 1.165) is 55.9 Å². The quantitative estimate of drug-likeness (QED) is 0.868. The maximum absolute atomic E-state index is 12.9. The number of carbonyl (C=O) groups excluding carboxylic acids is 1. The monoisotopic (exact) mass is 311 g/mol. The van der Waals surface area contributed by atoms with E-state index in [-0.39, 0.29) is 18.0 Å². The van der Waals surface area contributed by atoms with E-state index < -0.39 is 0 Å². The van der Waals surface area contributed by atoms with Crippen LogP contribution in [0.25, 0.3) is 0 Å². The molecule has 2 aliphatic heterocycles. The summed E-state index contributed by atoms with van der Waals surface area (Å²) in [6, 6.07) is 4.08. The van der Waals surface area contributed by atoms with Crippen molar-refractivity contribution in [3.05, 3.63) is 41.7 Å². The summed E-state index contributed by atoms with van der Waals surface area (Å²) in [5, 5.41) is 8.74. The molecule has 6 heteroatoms. The molecule has 2 aliphatic rings. The van der Waals surface area contributed by atoms with Gasteiger partial charge in [-0.2, -0.15) is 0 Å². The van der Waals surface area contributed by atoms with Gasteiger partial charge >= 0.3 is 0 Å². The lowest BCUT2D eigenvalue weighted by atomic mass is 10.1. The number of hydrogen-bond acceptors (Lipinski definition) is 4. The first-order valence-corrected chi connectivity index (χ1v) is 8.41. The zero-order valence-electron chi connectivity index (χ0n) is 13.4. The van der Waals surface area contributed by atoms with Crippen molar-refractivity contribution in [2.24, 2.45) is 0 Å². The van der Waals surface area contributed by atoms with E-state index in [2.05, 4.69) is 31.6 Å². The number of amides is 1. The molecule has 0 aromatic carbocycles. The molecule has 23 heavy (non-hydrogen) atoms. The van der Waals surface area contributed by atoms with Crippen LogP contribution < -0.4 is 0 Å². The number of fused-ring (bicyclic) bond motifs is 3. The Kier molecular flexibility index (Phi) is 3.59. The Morgan fingerprint density at radius 2 is 2.00 bits per heavy atom. The Morgan fingerprint density at radius 1 is 1.22 bits per heavy atom. The Hall–Kier alpha value is -2.24. The Morgan fingerprint density at radius 3 is 2.78 bits per heavy atom. The van der Waals surface area contributed by atoms with Gasteiger partial charge in [-0.3, -0.25) is 9.78 Å². The molecule has 0 aliphatic carbocycles. The fraction of sp³-hybridized carbons (Fsp3) is 0.529. The van der Waals surface area contributed by atoms with Gasteiger partial charge in [-0.05, 0) is 31.4 Å². The van der Waals surface area contributed by atoms with Gasteiger partial charge in [0.05, 0.1) is 6.04 Å². The minimum Gasteiger partial charge on any atom is -0.330 e. The van der Waals surface area contributed by atoms with E-state index in [1.165, 1.54) is 0 Å². The van der Waals surface area contributed by atoms with Crippen LogP contribution in [0.2, 0.25) is 0 Å². The van der Waals surface area contributed by atoms with Gasteiger partial charge in [0, 0.05) is 43.4 Å². The Labute approximate surface area is 135 Å². The lowest BCUT2D eigenvalue weighted by Crippen LogP contribution is -2.42. The molecule has 0 unspecified atom stereocenters. The molecule has 0 radical (unpaired) electrons. The van der Waals surface area contributed by atoms with Gasteiger partial charge < -0.3 is 9.47 Å². The first-order chi connectivity index (χ1) is 11.3. The van der Waals surface area contributed by atoms with Gasteiger partial charge in [-0.15, -0.1) is 10.2 Å². The molecule has 4 rings (SSSR count). The highest BCUT2D eigenvalue weighted by atomic mass is 16.2. The zero-order chi connectivity index (χ0) is 15.8. The van der Waals surface area contributed by atoms with E-state index in [1.54, 1.807) is 24.5 Å². The topological polar surface area (TPSA) is 63.9 Å². The lowest BCUT2D eigenvalue weighted by molar-refractivity contribution is 0.0665. The van der Waals surface area contributed by atoms with E-state index in [9.17, 15) is 4.79 Å². The number of hydrogen-bond donors (Lipinski definition) is 0. The molecule has 0 saturated carbocycles. The van der Waals surface area contributed by atoms with Crippen LogP contribution in [-0.4, -0.2) is 42.6 Å². The van der Waals surface area contributed by atoms with Gasteiger partial charge in [0.1, 0.15) is 11.6 Å². The highest BCUT2D eigenvalue weighted by Gasteiger charge is 2.41. The van der Waals surface area contributed by atoms with Crippen LogP contribution in [0.5, 0.6) is 0 Å². The van der Waals surface area contributed by atoms with Crippen LogP contribution >= 0.6 is 0 Å². The normalized spacial score (nSPS) is 22.7. The van der Waals surface area contributed by atoms with Crippen molar-refractivity contribution < 1.29 is 4.79 Å². The molecule has 1 saturated heterocycles. The van der Waals surface area contributed by atoms with Crippen LogP contribution in [0.15, 0.2) is 24.5 Å². The van der Waals surface area contributed by atoms with E-state index in [1.807, 2.05) is 0 Å². The van der Waals surface area contributed by atoms with Crippen LogP contribution in [0.4, 0.5) is 0 Å².